The number of benzene rings is 1. The minimum Gasteiger partial charge on any atom is -0.267 e. The Hall–Kier alpha value is -1.04. The minimum atomic E-state index is -3.74. The first-order valence-electron chi connectivity index (χ1n) is 5.08. The molecule has 2 aromatic rings. The number of hydrogen-bond acceptors (Lipinski definition) is 3. The molecule has 0 amide bonds. The molecule has 0 saturated heterocycles. The van der Waals surface area contributed by atoms with E-state index >= 15 is 0 Å². The van der Waals surface area contributed by atoms with Crippen LogP contribution in [0.1, 0.15) is 11.1 Å². The van der Waals surface area contributed by atoms with E-state index in [0.717, 1.165) is 11.1 Å². The second-order valence-corrected chi connectivity index (χ2v) is 6.88. The van der Waals surface area contributed by atoms with Gasteiger partial charge in [0.05, 0.1) is 12.7 Å². The molecule has 0 aliphatic rings. The molecule has 0 spiro atoms. The Morgan fingerprint density at radius 3 is 2.67 bits per heavy atom. The minimum absolute atomic E-state index is 0.0209. The fourth-order valence-electron chi connectivity index (χ4n) is 1.51. The van der Waals surface area contributed by atoms with E-state index in [1.807, 2.05) is 25.1 Å². The summed E-state index contributed by atoms with van der Waals surface area (Å²) in [4.78, 5) is -0.0209. The van der Waals surface area contributed by atoms with Gasteiger partial charge in [0.1, 0.15) is 4.90 Å². The first kappa shape index (κ1) is 13.4. The lowest BCUT2D eigenvalue weighted by Gasteiger charge is -2.05. The summed E-state index contributed by atoms with van der Waals surface area (Å²) in [6, 6.07) is 5.66. The highest BCUT2D eigenvalue weighted by atomic mass is 35.7. The maximum atomic E-state index is 11.1. The molecule has 0 fully saturated rings. The van der Waals surface area contributed by atoms with Gasteiger partial charge in [-0.25, -0.2) is 8.42 Å². The maximum absolute atomic E-state index is 11.1. The zero-order chi connectivity index (χ0) is 13.3. The molecule has 0 atom stereocenters. The fourth-order valence-corrected chi connectivity index (χ4v) is 2.47. The van der Waals surface area contributed by atoms with Crippen molar-refractivity contribution in [2.24, 2.45) is 0 Å². The molecule has 0 radical (unpaired) electrons. The smallest absolute Gasteiger partial charge is 0.264 e. The summed E-state index contributed by atoms with van der Waals surface area (Å²) >= 11 is 6.09. The van der Waals surface area contributed by atoms with Gasteiger partial charge in [-0.2, -0.15) is 5.10 Å². The molecular formula is C11H10Cl2N2O2S. The van der Waals surface area contributed by atoms with Crippen LogP contribution in [-0.4, -0.2) is 18.2 Å². The Labute approximate surface area is 115 Å². The van der Waals surface area contributed by atoms with E-state index in [2.05, 4.69) is 5.10 Å². The lowest BCUT2D eigenvalue weighted by atomic mass is 10.1. The van der Waals surface area contributed by atoms with Crippen LogP contribution in [0.2, 0.25) is 5.02 Å². The van der Waals surface area contributed by atoms with Crippen molar-refractivity contribution in [2.75, 3.05) is 0 Å². The van der Waals surface area contributed by atoms with Gasteiger partial charge in [-0.15, -0.1) is 0 Å². The number of aromatic nitrogens is 2. The topological polar surface area (TPSA) is 52.0 Å². The molecule has 0 saturated carbocycles. The Kier molecular flexibility index (Phi) is 3.66. The van der Waals surface area contributed by atoms with Gasteiger partial charge in [0.15, 0.2) is 0 Å². The fraction of sp³-hybridized carbons (Fsp3) is 0.182. The van der Waals surface area contributed by atoms with E-state index in [9.17, 15) is 8.42 Å². The highest BCUT2D eigenvalue weighted by Gasteiger charge is 2.13. The van der Waals surface area contributed by atoms with Crippen LogP contribution >= 0.6 is 22.3 Å². The summed E-state index contributed by atoms with van der Waals surface area (Å²) in [7, 11) is 1.48. The summed E-state index contributed by atoms with van der Waals surface area (Å²) in [6.45, 7) is 2.34. The van der Waals surface area contributed by atoms with Crippen LogP contribution in [-0.2, 0) is 15.6 Å². The monoisotopic (exact) mass is 304 g/mol. The van der Waals surface area contributed by atoms with Crippen LogP contribution in [0.3, 0.4) is 0 Å². The van der Waals surface area contributed by atoms with Crippen LogP contribution in [0.5, 0.6) is 0 Å². The number of aryl methyl sites for hydroxylation is 1. The van der Waals surface area contributed by atoms with Crippen molar-refractivity contribution in [1.82, 2.24) is 9.78 Å². The van der Waals surface area contributed by atoms with Crippen LogP contribution in [0, 0.1) is 6.92 Å². The highest BCUT2D eigenvalue weighted by Crippen LogP contribution is 2.19. The molecule has 0 bridgehead atoms. The zero-order valence-corrected chi connectivity index (χ0v) is 11.8. The van der Waals surface area contributed by atoms with E-state index in [0.29, 0.717) is 11.6 Å². The Bertz CT molecular complexity index is 680. The van der Waals surface area contributed by atoms with Gasteiger partial charge in [0.25, 0.3) is 9.05 Å². The van der Waals surface area contributed by atoms with Gasteiger partial charge >= 0.3 is 0 Å². The lowest BCUT2D eigenvalue weighted by Crippen LogP contribution is -2.00. The molecule has 0 N–H and O–H groups in total. The van der Waals surface area contributed by atoms with Crippen LogP contribution in [0.15, 0.2) is 35.5 Å². The zero-order valence-electron chi connectivity index (χ0n) is 9.47. The van der Waals surface area contributed by atoms with E-state index in [4.69, 9.17) is 22.3 Å². The molecular weight excluding hydrogens is 295 g/mol. The van der Waals surface area contributed by atoms with Crippen molar-refractivity contribution in [1.29, 1.82) is 0 Å². The molecule has 0 unspecified atom stereocenters. The largest absolute Gasteiger partial charge is 0.267 e. The van der Waals surface area contributed by atoms with Gasteiger partial charge in [-0.1, -0.05) is 23.7 Å². The second-order valence-electron chi connectivity index (χ2n) is 3.91. The lowest BCUT2D eigenvalue weighted by molar-refractivity contribution is 0.609. The summed E-state index contributed by atoms with van der Waals surface area (Å²) in [6.07, 6.45) is 2.59. The summed E-state index contributed by atoms with van der Waals surface area (Å²) in [5.41, 5.74) is 1.93. The molecule has 4 nitrogen and oxygen atoms in total. The maximum Gasteiger partial charge on any atom is 0.264 e. The van der Waals surface area contributed by atoms with Crippen molar-refractivity contribution in [3.05, 3.63) is 46.7 Å². The Morgan fingerprint density at radius 2 is 2.11 bits per heavy atom. The molecule has 0 aliphatic carbocycles. The summed E-state index contributed by atoms with van der Waals surface area (Å²) < 4.78 is 23.7. The van der Waals surface area contributed by atoms with Crippen molar-refractivity contribution >= 4 is 31.3 Å². The van der Waals surface area contributed by atoms with Gasteiger partial charge in [-0.05, 0) is 24.1 Å². The number of halogens is 2. The van der Waals surface area contributed by atoms with Crippen molar-refractivity contribution in [3.8, 4) is 0 Å². The third-order valence-corrected chi connectivity index (χ3v) is 4.09. The van der Waals surface area contributed by atoms with Gasteiger partial charge in [0.2, 0.25) is 0 Å². The molecule has 1 aromatic heterocycles. The second kappa shape index (κ2) is 4.91. The van der Waals surface area contributed by atoms with Crippen molar-refractivity contribution in [3.63, 3.8) is 0 Å². The quantitative estimate of drug-likeness (QED) is 0.819. The highest BCUT2D eigenvalue weighted by molar-refractivity contribution is 8.13. The Morgan fingerprint density at radius 1 is 1.39 bits per heavy atom. The molecule has 0 aliphatic heterocycles. The van der Waals surface area contributed by atoms with Gasteiger partial charge in [-0.3, -0.25) is 4.68 Å². The number of nitrogens with zero attached hydrogens (tertiary/aromatic N) is 2. The predicted octanol–water partition coefficient (Wildman–Crippen LogP) is 2.82. The molecule has 18 heavy (non-hydrogen) atoms. The van der Waals surface area contributed by atoms with E-state index in [1.165, 1.54) is 17.1 Å². The third kappa shape index (κ3) is 3.04. The number of hydrogen-bond donors (Lipinski definition) is 0. The predicted molar refractivity (Wildman–Crippen MR) is 70.6 cm³/mol. The molecule has 96 valence electrons. The molecule has 1 aromatic carbocycles. The summed E-state index contributed by atoms with van der Waals surface area (Å²) in [5.74, 6) is 0. The molecule has 1 heterocycles. The molecule has 7 heteroatoms. The molecule has 2 rings (SSSR count). The normalized spacial score (nSPS) is 11.7. The first-order chi connectivity index (χ1) is 8.36. The average Bonchev–Trinajstić information content (AvgIpc) is 2.70. The number of rotatable bonds is 3. The van der Waals surface area contributed by atoms with Crippen molar-refractivity contribution < 1.29 is 8.42 Å². The third-order valence-electron chi connectivity index (χ3n) is 2.43. The van der Waals surface area contributed by atoms with Gasteiger partial charge < -0.3 is 0 Å². The van der Waals surface area contributed by atoms with Crippen LogP contribution < -0.4 is 0 Å². The van der Waals surface area contributed by atoms with Crippen molar-refractivity contribution in [2.45, 2.75) is 18.4 Å². The summed E-state index contributed by atoms with van der Waals surface area (Å²) in [5, 5.41) is 4.56. The van der Waals surface area contributed by atoms with Crippen LogP contribution in [0.4, 0.5) is 0 Å². The first-order valence-corrected chi connectivity index (χ1v) is 7.77. The van der Waals surface area contributed by atoms with Crippen LogP contribution in [0.25, 0.3) is 0 Å². The Balaban J connectivity index is 2.27. The average molecular weight is 305 g/mol. The standard InChI is InChI=1S/C11H10Cl2N2O2S/c1-8-2-3-9(11(12)4-8)6-15-7-10(5-14-15)18(13,16)17/h2-5,7H,6H2,1H3. The van der Waals surface area contributed by atoms with E-state index < -0.39 is 9.05 Å². The van der Waals surface area contributed by atoms with E-state index in [1.54, 1.807) is 0 Å². The SMILES string of the molecule is Cc1ccc(Cn2cc(S(=O)(=O)Cl)cn2)c(Cl)c1. The van der Waals surface area contributed by atoms with Gasteiger partial charge in [0, 0.05) is 21.9 Å². The van der Waals surface area contributed by atoms with E-state index in [-0.39, 0.29) is 4.90 Å².